The molecule has 28 heavy (non-hydrogen) atoms. The van der Waals surface area contributed by atoms with E-state index in [0.717, 1.165) is 12.1 Å². The number of nitrogens with one attached hydrogen (secondary N) is 1. The lowest BCUT2D eigenvalue weighted by Crippen LogP contribution is -2.51. The molecule has 1 amide bonds. The van der Waals surface area contributed by atoms with Crippen LogP contribution in [0.15, 0.2) is 48.5 Å². The number of piperazine rings is 1. The maximum atomic E-state index is 13.3. The van der Waals surface area contributed by atoms with Gasteiger partial charge in [0.25, 0.3) is 5.91 Å². The lowest BCUT2D eigenvalue weighted by Gasteiger charge is -2.36. The van der Waals surface area contributed by atoms with E-state index >= 15 is 0 Å². The second-order valence-corrected chi connectivity index (χ2v) is 6.68. The Kier molecular flexibility index (Phi) is 5.83. The minimum atomic E-state index is -4.39. The van der Waals surface area contributed by atoms with Gasteiger partial charge < -0.3 is 15.1 Å². The van der Waals surface area contributed by atoms with E-state index in [4.69, 9.17) is 12.2 Å². The number of carbonyl (C=O) groups is 1. The fourth-order valence-corrected chi connectivity index (χ4v) is 3.16. The van der Waals surface area contributed by atoms with Crippen LogP contribution < -0.4 is 5.32 Å². The number of amides is 1. The van der Waals surface area contributed by atoms with Crippen LogP contribution >= 0.6 is 12.2 Å². The molecule has 0 radical (unpaired) electrons. The molecule has 0 spiro atoms. The fourth-order valence-electron chi connectivity index (χ4n) is 2.86. The van der Waals surface area contributed by atoms with Gasteiger partial charge in [0, 0.05) is 37.4 Å². The molecule has 0 aliphatic carbocycles. The van der Waals surface area contributed by atoms with E-state index in [0.29, 0.717) is 42.5 Å². The van der Waals surface area contributed by atoms with E-state index in [1.165, 1.54) is 30.3 Å². The Morgan fingerprint density at radius 3 is 2.14 bits per heavy atom. The normalized spacial score (nSPS) is 14.7. The first-order chi connectivity index (χ1) is 13.2. The summed E-state index contributed by atoms with van der Waals surface area (Å²) in [6.45, 7) is 1.75. The van der Waals surface area contributed by atoms with Crippen molar-refractivity contribution in [3.05, 3.63) is 65.5 Å². The van der Waals surface area contributed by atoms with Gasteiger partial charge in [-0.1, -0.05) is 6.07 Å². The monoisotopic (exact) mass is 411 g/mol. The Labute approximate surface area is 164 Å². The van der Waals surface area contributed by atoms with Crippen molar-refractivity contribution in [2.24, 2.45) is 0 Å². The number of carbonyl (C=O) groups excluding carboxylic acids is 1. The lowest BCUT2D eigenvalue weighted by molar-refractivity contribution is -0.137. The van der Waals surface area contributed by atoms with Crippen LogP contribution in [0.3, 0.4) is 0 Å². The number of hydrogen-bond donors (Lipinski definition) is 1. The highest BCUT2D eigenvalue weighted by atomic mass is 32.1. The number of anilines is 1. The number of alkyl halides is 3. The molecule has 2 aromatic rings. The van der Waals surface area contributed by atoms with E-state index in [-0.39, 0.29) is 5.91 Å². The van der Waals surface area contributed by atoms with Crippen molar-refractivity contribution >= 4 is 28.9 Å². The van der Waals surface area contributed by atoms with E-state index in [2.05, 4.69) is 5.32 Å². The van der Waals surface area contributed by atoms with E-state index in [1.54, 1.807) is 11.0 Å². The number of halogens is 4. The van der Waals surface area contributed by atoms with Crippen LogP contribution in [0.5, 0.6) is 0 Å². The maximum Gasteiger partial charge on any atom is 0.416 e. The summed E-state index contributed by atoms with van der Waals surface area (Å²) < 4.78 is 51.1. The second-order valence-electron chi connectivity index (χ2n) is 6.29. The molecule has 0 bridgehead atoms. The van der Waals surface area contributed by atoms with Crippen LogP contribution in [0.2, 0.25) is 0 Å². The Balaban J connectivity index is 1.54. The van der Waals surface area contributed by atoms with Crippen molar-refractivity contribution in [2.45, 2.75) is 6.18 Å². The van der Waals surface area contributed by atoms with Crippen LogP contribution in [-0.4, -0.2) is 47.0 Å². The number of thiocarbonyl (C=S) groups is 1. The number of benzene rings is 2. The van der Waals surface area contributed by atoms with E-state index in [1.807, 2.05) is 4.90 Å². The smallest absolute Gasteiger partial charge is 0.345 e. The summed E-state index contributed by atoms with van der Waals surface area (Å²) in [6.07, 6.45) is -4.39. The van der Waals surface area contributed by atoms with Crippen molar-refractivity contribution in [3.63, 3.8) is 0 Å². The standard InChI is InChI=1S/C19H17F4N3OS/c20-15-3-1-2-13(12-15)17(27)25-8-10-26(11-9-25)18(28)24-16-6-4-14(5-7-16)19(21,22)23/h1-7,12H,8-11H2,(H,24,28). The van der Waals surface area contributed by atoms with E-state index in [9.17, 15) is 22.4 Å². The molecule has 1 aliphatic rings. The molecule has 1 fully saturated rings. The highest BCUT2D eigenvalue weighted by Crippen LogP contribution is 2.29. The van der Waals surface area contributed by atoms with Crippen LogP contribution in [0, 0.1) is 5.82 Å². The zero-order valence-corrected chi connectivity index (χ0v) is 15.5. The quantitative estimate of drug-likeness (QED) is 0.599. The third kappa shape index (κ3) is 4.78. The predicted octanol–water partition coefficient (Wildman–Crippen LogP) is 4.00. The van der Waals surface area contributed by atoms with Gasteiger partial charge in [-0.05, 0) is 54.7 Å². The summed E-state index contributed by atoms with van der Waals surface area (Å²) in [5, 5.41) is 3.28. The summed E-state index contributed by atoms with van der Waals surface area (Å²) in [6, 6.07) is 10.1. The molecule has 0 atom stereocenters. The summed E-state index contributed by atoms with van der Waals surface area (Å²) in [4.78, 5) is 15.9. The summed E-state index contributed by atoms with van der Waals surface area (Å²) in [5.74, 6) is -0.716. The molecule has 1 saturated heterocycles. The van der Waals surface area contributed by atoms with Crippen LogP contribution in [0.4, 0.5) is 23.2 Å². The van der Waals surface area contributed by atoms with Crippen molar-refractivity contribution < 1.29 is 22.4 Å². The van der Waals surface area contributed by atoms with Crippen molar-refractivity contribution in [2.75, 3.05) is 31.5 Å². The van der Waals surface area contributed by atoms with Gasteiger partial charge in [0.1, 0.15) is 5.82 Å². The molecule has 1 N–H and O–H groups in total. The van der Waals surface area contributed by atoms with Gasteiger partial charge in [0.05, 0.1) is 5.56 Å². The van der Waals surface area contributed by atoms with Crippen molar-refractivity contribution in [3.8, 4) is 0 Å². The molecule has 9 heteroatoms. The summed E-state index contributed by atoms with van der Waals surface area (Å²) in [7, 11) is 0. The highest BCUT2D eigenvalue weighted by Gasteiger charge is 2.30. The van der Waals surface area contributed by atoms with Gasteiger partial charge in [0.2, 0.25) is 0 Å². The van der Waals surface area contributed by atoms with Gasteiger partial charge in [-0.25, -0.2) is 4.39 Å². The minimum absolute atomic E-state index is 0.249. The van der Waals surface area contributed by atoms with Gasteiger partial charge in [0.15, 0.2) is 5.11 Å². The third-order valence-electron chi connectivity index (χ3n) is 4.39. The Bertz CT molecular complexity index is 862. The lowest BCUT2D eigenvalue weighted by atomic mass is 10.2. The third-order valence-corrected chi connectivity index (χ3v) is 4.75. The largest absolute Gasteiger partial charge is 0.416 e. The summed E-state index contributed by atoms with van der Waals surface area (Å²) in [5.41, 5.74) is 0.0172. The summed E-state index contributed by atoms with van der Waals surface area (Å²) >= 11 is 5.32. The van der Waals surface area contributed by atoms with Gasteiger partial charge >= 0.3 is 6.18 Å². The van der Waals surface area contributed by atoms with Crippen molar-refractivity contribution in [1.82, 2.24) is 9.80 Å². The first-order valence-corrected chi connectivity index (χ1v) is 8.93. The van der Waals surface area contributed by atoms with E-state index < -0.39 is 17.6 Å². The zero-order valence-electron chi connectivity index (χ0n) is 14.7. The molecular formula is C19H17F4N3OS. The highest BCUT2D eigenvalue weighted by molar-refractivity contribution is 7.80. The zero-order chi connectivity index (χ0) is 20.3. The maximum absolute atomic E-state index is 13.3. The Hall–Kier alpha value is -2.68. The Morgan fingerprint density at radius 1 is 0.964 bits per heavy atom. The molecule has 1 aliphatic heterocycles. The molecule has 0 aromatic heterocycles. The second kappa shape index (κ2) is 8.14. The van der Waals surface area contributed by atoms with Crippen molar-refractivity contribution in [1.29, 1.82) is 0 Å². The van der Waals surface area contributed by atoms with Gasteiger partial charge in [-0.2, -0.15) is 13.2 Å². The number of hydrogen-bond acceptors (Lipinski definition) is 2. The van der Waals surface area contributed by atoms with Gasteiger partial charge in [-0.15, -0.1) is 0 Å². The minimum Gasteiger partial charge on any atom is -0.345 e. The fraction of sp³-hybridized carbons (Fsp3) is 0.263. The molecule has 0 saturated carbocycles. The SMILES string of the molecule is O=C(c1cccc(F)c1)N1CCN(C(=S)Nc2ccc(C(F)(F)F)cc2)CC1. The van der Waals surface area contributed by atoms with Gasteiger partial charge in [-0.3, -0.25) is 4.79 Å². The molecule has 1 heterocycles. The number of nitrogens with zero attached hydrogens (tertiary/aromatic N) is 2. The van der Waals surface area contributed by atoms with Crippen LogP contribution in [0.25, 0.3) is 0 Å². The first-order valence-electron chi connectivity index (χ1n) is 8.52. The molecule has 0 unspecified atom stereocenters. The molecule has 2 aromatic carbocycles. The average molecular weight is 411 g/mol. The predicted molar refractivity (Wildman–Crippen MR) is 102 cm³/mol. The van der Waals surface area contributed by atoms with Crippen LogP contribution in [0.1, 0.15) is 15.9 Å². The molecule has 3 rings (SSSR count). The molecule has 4 nitrogen and oxygen atoms in total. The first kappa shape index (κ1) is 20.1. The Morgan fingerprint density at radius 2 is 1.57 bits per heavy atom. The molecule has 148 valence electrons. The topological polar surface area (TPSA) is 35.6 Å². The number of rotatable bonds is 2. The molecular weight excluding hydrogens is 394 g/mol. The average Bonchev–Trinajstić information content (AvgIpc) is 2.67. The van der Waals surface area contributed by atoms with Crippen LogP contribution in [-0.2, 0) is 6.18 Å².